The van der Waals surface area contributed by atoms with Crippen LogP contribution in [0.2, 0.25) is 0 Å². The fourth-order valence-electron chi connectivity index (χ4n) is 1.50. The Morgan fingerprint density at radius 2 is 1.86 bits per heavy atom. The molecule has 1 atom stereocenters. The minimum atomic E-state index is -4.94. The summed E-state index contributed by atoms with van der Waals surface area (Å²) >= 11 is 0. The molecule has 0 saturated carbocycles. The first kappa shape index (κ1) is 16.9. The fourth-order valence-corrected chi connectivity index (χ4v) is 1.50. The second kappa shape index (κ2) is 5.71. The van der Waals surface area contributed by atoms with Crippen molar-refractivity contribution < 1.29 is 32.3 Å². The van der Waals surface area contributed by atoms with Crippen molar-refractivity contribution >= 4 is 11.9 Å². The quantitative estimate of drug-likeness (QED) is 0.841. The van der Waals surface area contributed by atoms with Crippen LogP contribution in [-0.2, 0) is 11.0 Å². The highest BCUT2D eigenvalue weighted by Crippen LogP contribution is 2.32. The van der Waals surface area contributed by atoms with E-state index in [9.17, 15) is 27.2 Å². The minimum absolute atomic E-state index is 0.0292. The van der Waals surface area contributed by atoms with Crippen LogP contribution in [0.1, 0.15) is 36.2 Å². The molecule has 0 aromatic heterocycles. The van der Waals surface area contributed by atoms with Gasteiger partial charge in [-0.1, -0.05) is 6.92 Å². The molecule has 0 saturated heterocycles. The second-order valence-corrected chi connectivity index (χ2v) is 4.64. The summed E-state index contributed by atoms with van der Waals surface area (Å²) in [6.07, 6.45) is -4.91. The first-order chi connectivity index (χ1) is 9.51. The molecule has 0 aliphatic carbocycles. The Morgan fingerprint density at radius 1 is 1.29 bits per heavy atom. The van der Waals surface area contributed by atoms with Gasteiger partial charge in [-0.3, -0.25) is 4.79 Å². The second-order valence-electron chi connectivity index (χ2n) is 4.64. The lowest BCUT2D eigenvalue weighted by molar-refractivity contribution is -0.144. The highest BCUT2D eigenvalue weighted by atomic mass is 19.4. The topological polar surface area (TPSA) is 66.4 Å². The number of carboxylic acid groups (broad SMARTS) is 1. The van der Waals surface area contributed by atoms with Gasteiger partial charge in [0, 0.05) is 5.56 Å². The van der Waals surface area contributed by atoms with Crippen molar-refractivity contribution in [1.82, 2.24) is 5.32 Å². The van der Waals surface area contributed by atoms with E-state index in [0.717, 1.165) is 6.07 Å². The number of amides is 1. The molecule has 0 aliphatic rings. The van der Waals surface area contributed by atoms with Gasteiger partial charge < -0.3 is 10.4 Å². The van der Waals surface area contributed by atoms with Gasteiger partial charge in [-0.05, 0) is 31.5 Å². The zero-order valence-electron chi connectivity index (χ0n) is 11.2. The summed E-state index contributed by atoms with van der Waals surface area (Å²) in [5, 5.41) is 11.1. The summed E-state index contributed by atoms with van der Waals surface area (Å²) in [6, 6.07) is 1.72. The molecule has 21 heavy (non-hydrogen) atoms. The molecule has 0 aliphatic heterocycles. The molecule has 4 nitrogen and oxygen atoms in total. The number of carbonyl (C=O) groups excluding carboxylic acids is 1. The monoisotopic (exact) mass is 307 g/mol. The lowest BCUT2D eigenvalue weighted by Crippen LogP contribution is -2.51. The molecule has 0 bridgehead atoms. The van der Waals surface area contributed by atoms with Crippen molar-refractivity contribution in [1.29, 1.82) is 0 Å². The number of rotatable bonds is 4. The largest absolute Gasteiger partial charge is 0.480 e. The smallest absolute Gasteiger partial charge is 0.419 e. The third kappa shape index (κ3) is 3.71. The van der Waals surface area contributed by atoms with Crippen LogP contribution in [0.4, 0.5) is 17.6 Å². The molecule has 0 fully saturated rings. The van der Waals surface area contributed by atoms with Crippen LogP contribution < -0.4 is 5.32 Å². The first-order valence-corrected chi connectivity index (χ1v) is 5.94. The van der Waals surface area contributed by atoms with E-state index in [1.165, 1.54) is 13.8 Å². The molecule has 0 heterocycles. The van der Waals surface area contributed by atoms with E-state index in [0.29, 0.717) is 12.1 Å². The summed E-state index contributed by atoms with van der Waals surface area (Å²) in [4.78, 5) is 22.9. The zero-order valence-corrected chi connectivity index (χ0v) is 11.2. The van der Waals surface area contributed by atoms with Gasteiger partial charge in [-0.2, -0.15) is 13.2 Å². The van der Waals surface area contributed by atoms with E-state index in [2.05, 4.69) is 5.32 Å². The molecule has 0 spiro atoms. The number of nitrogens with one attached hydrogen (secondary N) is 1. The van der Waals surface area contributed by atoms with Gasteiger partial charge in [0.1, 0.15) is 11.4 Å². The maximum atomic E-state index is 13.1. The van der Waals surface area contributed by atoms with Crippen LogP contribution >= 0.6 is 0 Å². The predicted octanol–water partition coefficient (Wildman–Crippen LogP) is 2.83. The summed E-state index contributed by atoms with van der Waals surface area (Å²) in [5.41, 5.74) is -3.67. The normalized spacial score (nSPS) is 14.4. The third-order valence-electron chi connectivity index (χ3n) is 3.10. The van der Waals surface area contributed by atoms with E-state index in [4.69, 9.17) is 5.11 Å². The third-order valence-corrected chi connectivity index (χ3v) is 3.10. The number of hydrogen-bond donors (Lipinski definition) is 2. The van der Waals surface area contributed by atoms with Gasteiger partial charge in [0.15, 0.2) is 0 Å². The van der Waals surface area contributed by atoms with Crippen molar-refractivity contribution in [2.24, 2.45) is 0 Å². The average Bonchev–Trinajstić information content (AvgIpc) is 2.37. The maximum absolute atomic E-state index is 13.1. The van der Waals surface area contributed by atoms with Gasteiger partial charge in [0.25, 0.3) is 5.91 Å². The van der Waals surface area contributed by atoms with Crippen molar-refractivity contribution in [3.05, 3.63) is 35.1 Å². The maximum Gasteiger partial charge on any atom is 0.419 e. The molecule has 2 N–H and O–H groups in total. The highest BCUT2D eigenvalue weighted by molar-refractivity contribution is 5.97. The average molecular weight is 307 g/mol. The summed E-state index contributed by atoms with van der Waals surface area (Å²) in [5.74, 6) is -3.85. The molecule has 1 amide bonds. The number of hydrogen-bond acceptors (Lipinski definition) is 2. The Hall–Kier alpha value is -2.12. The molecule has 1 rings (SSSR count). The van der Waals surface area contributed by atoms with Gasteiger partial charge in [0.2, 0.25) is 0 Å². The molecule has 1 unspecified atom stereocenters. The van der Waals surface area contributed by atoms with E-state index in [1.807, 2.05) is 0 Å². The predicted molar refractivity (Wildman–Crippen MR) is 65.2 cm³/mol. The standard InChI is InChI=1S/C13H13F4NO3/c1-3-12(2,11(20)21)18-10(19)7-4-5-9(14)8(6-7)13(15,16)17/h4-6H,3H2,1-2H3,(H,18,19)(H,20,21). The van der Waals surface area contributed by atoms with Crippen molar-refractivity contribution in [3.63, 3.8) is 0 Å². The Bertz CT molecular complexity index is 571. The molecule has 0 radical (unpaired) electrons. The van der Waals surface area contributed by atoms with E-state index >= 15 is 0 Å². The number of aliphatic carboxylic acids is 1. The Balaban J connectivity index is 3.12. The van der Waals surface area contributed by atoms with E-state index in [-0.39, 0.29) is 6.42 Å². The van der Waals surface area contributed by atoms with Gasteiger partial charge in [-0.25, -0.2) is 9.18 Å². The number of carboxylic acids is 1. The first-order valence-electron chi connectivity index (χ1n) is 5.94. The van der Waals surface area contributed by atoms with Crippen LogP contribution in [-0.4, -0.2) is 22.5 Å². The van der Waals surface area contributed by atoms with E-state index in [1.54, 1.807) is 0 Å². The van der Waals surface area contributed by atoms with Crippen molar-refractivity contribution in [3.8, 4) is 0 Å². The molecule has 1 aromatic carbocycles. The summed E-state index contributed by atoms with van der Waals surface area (Å²) < 4.78 is 50.8. The highest BCUT2D eigenvalue weighted by Gasteiger charge is 2.36. The SMILES string of the molecule is CCC(C)(NC(=O)c1ccc(F)c(C(F)(F)F)c1)C(=O)O. The molecular weight excluding hydrogens is 294 g/mol. The van der Waals surface area contributed by atoms with E-state index < -0.39 is 40.5 Å². The summed E-state index contributed by atoms with van der Waals surface area (Å²) in [7, 11) is 0. The van der Waals surface area contributed by atoms with Gasteiger partial charge >= 0.3 is 12.1 Å². The van der Waals surface area contributed by atoms with Crippen LogP contribution in [0.25, 0.3) is 0 Å². The molecule has 116 valence electrons. The number of benzene rings is 1. The number of halogens is 4. The fraction of sp³-hybridized carbons (Fsp3) is 0.385. The lowest BCUT2D eigenvalue weighted by atomic mass is 9.98. The van der Waals surface area contributed by atoms with Crippen LogP contribution in [0.5, 0.6) is 0 Å². The summed E-state index contributed by atoms with van der Waals surface area (Å²) in [6.45, 7) is 2.72. The zero-order chi connectivity index (χ0) is 16.4. The Morgan fingerprint density at radius 3 is 2.29 bits per heavy atom. The Labute approximate surface area is 117 Å². The van der Waals surface area contributed by atoms with Crippen LogP contribution in [0, 0.1) is 5.82 Å². The number of alkyl halides is 3. The van der Waals surface area contributed by atoms with Crippen molar-refractivity contribution in [2.45, 2.75) is 32.0 Å². The lowest BCUT2D eigenvalue weighted by Gasteiger charge is -2.24. The molecule has 1 aromatic rings. The van der Waals surface area contributed by atoms with Crippen LogP contribution in [0.3, 0.4) is 0 Å². The Kier molecular flexibility index (Phi) is 4.60. The molecule has 8 heteroatoms. The van der Waals surface area contributed by atoms with Crippen molar-refractivity contribution in [2.75, 3.05) is 0 Å². The van der Waals surface area contributed by atoms with Crippen LogP contribution in [0.15, 0.2) is 18.2 Å². The number of carbonyl (C=O) groups is 2. The minimum Gasteiger partial charge on any atom is -0.480 e. The van der Waals surface area contributed by atoms with Gasteiger partial charge in [-0.15, -0.1) is 0 Å². The molecular formula is C13H13F4NO3. The van der Waals surface area contributed by atoms with Gasteiger partial charge in [0.05, 0.1) is 5.56 Å².